The van der Waals surface area contributed by atoms with E-state index in [0.717, 1.165) is 30.6 Å². The standard InChI is InChI=1S/C11H20F3N3/c1-2-7-17(8-11(12,13)14)10(15)16-9-5-3-4-6-9/h9H,2-8H2,1H3,(H2,15,16). The van der Waals surface area contributed by atoms with Crippen molar-refractivity contribution in [2.75, 3.05) is 13.1 Å². The van der Waals surface area contributed by atoms with Crippen LogP contribution in [0.5, 0.6) is 0 Å². The average molecular weight is 251 g/mol. The summed E-state index contributed by atoms with van der Waals surface area (Å²) in [5.74, 6) is 0.0380. The zero-order valence-corrected chi connectivity index (χ0v) is 10.1. The van der Waals surface area contributed by atoms with Gasteiger partial charge in [-0.25, -0.2) is 4.99 Å². The quantitative estimate of drug-likeness (QED) is 0.616. The molecule has 17 heavy (non-hydrogen) atoms. The normalized spacial score (nSPS) is 18.7. The van der Waals surface area contributed by atoms with E-state index in [4.69, 9.17) is 5.73 Å². The molecule has 0 aliphatic heterocycles. The average Bonchev–Trinajstić information content (AvgIpc) is 2.67. The van der Waals surface area contributed by atoms with Gasteiger partial charge in [0, 0.05) is 6.54 Å². The van der Waals surface area contributed by atoms with E-state index in [1.807, 2.05) is 6.92 Å². The Bertz CT molecular complexity index is 257. The second-order valence-corrected chi connectivity index (χ2v) is 4.46. The lowest BCUT2D eigenvalue weighted by Crippen LogP contribution is -2.44. The number of halogens is 3. The number of nitrogens with two attached hydrogens (primary N) is 1. The second-order valence-electron chi connectivity index (χ2n) is 4.46. The molecular formula is C11H20F3N3. The molecule has 6 heteroatoms. The Balaban J connectivity index is 2.61. The van der Waals surface area contributed by atoms with Crippen LogP contribution in [0, 0.1) is 0 Å². The van der Waals surface area contributed by atoms with Gasteiger partial charge in [0.1, 0.15) is 6.54 Å². The van der Waals surface area contributed by atoms with Gasteiger partial charge >= 0.3 is 6.18 Å². The lowest BCUT2D eigenvalue weighted by Gasteiger charge is -2.25. The van der Waals surface area contributed by atoms with Crippen molar-refractivity contribution in [2.24, 2.45) is 10.7 Å². The van der Waals surface area contributed by atoms with Gasteiger partial charge in [0.05, 0.1) is 6.04 Å². The molecule has 0 aromatic rings. The van der Waals surface area contributed by atoms with Gasteiger partial charge in [0.2, 0.25) is 0 Å². The number of nitrogens with zero attached hydrogens (tertiary/aromatic N) is 2. The largest absolute Gasteiger partial charge is 0.406 e. The predicted molar refractivity (Wildman–Crippen MR) is 61.8 cm³/mol. The molecule has 1 saturated carbocycles. The maximum atomic E-state index is 12.4. The van der Waals surface area contributed by atoms with Crippen molar-refractivity contribution in [3.8, 4) is 0 Å². The Morgan fingerprint density at radius 3 is 2.41 bits per heavy atom. The van der Waals surface area contributed by atoms with Gasteiger partial charge in [-0.2, -0.15) is 13.2 Å². The van der Waals surface area contributed by atoms with Crippen molar-refractivity contribution < 1.29 is 13.2 Å². The molecule has 0 saturated heterocycles. The molecule has 0 radical (unpaired) electrons. The monoisotopic (exact) mass is 251 g/mol. The van der Waals surface area contributed by atoms with Crippen molar-refractivity contribution in [1.82, 2.24) is 4.90 Å². The first-order chi connectivity index (χ1) is 7.92. The van der Waals surface area contributed by atoms with E-state index in [1.54, 1.807) is 0 Å². The highest BCUT2D eigenvalue weighted by Crippen LogP contribution is 2.22. The number of hydrogen-bond acceptors (Lipinski definition) is 1. The minimum atomic E-state index is -4.23. The van der Waals surface area contributed by atoms with Crippen LogP contribution in [0.15, 0.2) is 4.99 Å². The van der Waals surface area contributed by atoms with Crippen LogP contribution in [-0.4, -0.2) is 36.2 Å². The SMILES string of the molecule is CCCN(CC(F)(F)F)C(N)=NC1CCCC1. The Hall–Kier alpha value is -0.940. The third kappa shape index (κ3) is 5.28. The highest BCUT2D eigenvalue weighted by Gasteiger charge is 2.31. The molecule has 1 fully saturated rings. The minimum Gasteiger partial charge on any atom is -0.370 e. The van der Waals surface area contributed by atoms with Crippen molar-refractivity contribution in [3.05, 3.63) is 0 Å². The van der Waals surface area contributed by atoms with E-state index in [2.05, 4.69) is 4.99 Å². The fraction of sp³-hybridized carbons (Fsp3) is 0.909. The van der Waals surface area contributed by atoms with Crippen LogP contribution < -0.4 is 5.73 Å². The van der Waals surface area contributed by atoms with E-state index in [-0.39, 0.29) is 12.0 Å². The lowest BCUT2D eigenvalue weighted by molar-refractivity contribution is -0.138. The fourth-order valence-electron chi connectivity index (χ4n) is 2.06. The van der Waals surface area contributed by atoms with E-state index < -0.39 is 12.7 Å². The van der Waals surface area contributed by atoms with Gasteiger partial charge in [0.25, 0.3) is 0 Å². The maximum Gasteiger partial charge on any atom is 0.406 e. The Kier molecular flexibility index (Phi) is 5.08. The van der Waals surface area contributed by atoms with Gasteiger partial charge in [0.15, 0.2) is 5.96 Å². The van der Waals surface area contributed by atoms with Crippen molar-refractivity contribution in [2.45, 2.75) is 51.2 Å². The fourth-order valence-corrected chi connectivity index (χ4v) is 2.06. The molecule has 100 valence electrons. The molecule has 0 aromatic heterocycles. The van der Waals surface area contributed by atoms with E-state index in [9.17, 15) is 13.2 Å². The van der Waals surface area contributed by atoms with Crippen molar-refractivity contribution in [1.29, 1.82) is 0 Å². The summed E-state index contributed by atoms with van der Waals surface area (Å²) in [5, 5.41) is 0. The zero-order chi connectivity index (χ0) is 12.9. The first kappa shape index (κ1) is 14.1. The first-order valence-corrected chi connectivity index (χ1v) is 6.07. The topological polar surface area (TPSA) is 41.6 Å². The van der Waals surface area contributed by atoms with E-state index in [0.29, 0.717) is 13.0 Å². The summed E-state index contributed by atoms with van der Waals surface area (Å²) in [6.45, 7) is 1.11. The molecule has 1 aliphatic carbocycles. The molecule has 2 N–H and O–H groups in total. The molecule has 0 aromatic carbocycles. The minimum absolute atomic E-state index is 0.0380. The summed E-state index contributed by atoms with van der Waals surface area (Å²) in [6.07, 6.45) is 0.449. The third-order valence-electron chi connectivity index (χ3n) is 2.83. The second kappa shape index (κ2) is 6.12. The molecule has 0 bridgehead atoms. The van der Waals surface area contributed by atoms with Crippen LogP contribution in [0.2, 0.25) is 0 Å². The van der Waals surface area contributed by atoms with Gasteiger partial charge in [-0.05, 0) is 19.3 Å². The third-order valence-corrected chi connectivity index (χ3v) is 2.83. The maximum absolute atomic E-state index is 12.4. The van der Waals surface area contributed by atoms with Crippen LogP contribution in [0.4, 0.5) is 13.2 Å². The molecule has 0 spiro atoms. The van der Waals surface area contributed by atoms with Crippen LogP contribution in [0.25, 0.3) is 0 Å². The summed E-state index contributed by atoms with van der Waals surface area (Å²) in [5.41, 5.74) is 5.67. The van der Waals surface area contributed by atoms with Crippen LogP contribution >= 0.6 is 0 Å². The molecule has 0 heterocycles. The predicted octanol–water partition coefficient (Wildman–Crippen LogP) is 2.52. The van der Waals surface area contributed by atoms with Gasteiger partial charge in [-0.15, -0.1) is 0 Å². The molecule has 1 rings (SSSR count). The lowest BCUT2D eigenvalue weighted by atomic mass is 10.3. The van der Waals surface area contributed by atoms with Crippen molar-refractivity contribution >= 4 is 5.96 Å². The van der Waals surface area contributed by atoms with Gasteiger partial charge in [-0.3, -0.25) is 0 Å². The number of guanidine groups is 1. The van der Waals surface area contributed by atoms with Crippen molar-refractivity contribution in [3.63, 3.8) is 0 Å². The Morgan fingerprint density at radius 2 is 1.94 bits per heavy atom. The first-order valence-electron chi connectivity index (χ1n) is 6.07. The van der Waals surface area contributed by atoms with E-state index in [1.165, 1.54) is 0 Å². The summed E-state index contributed by atoms with van der Waals surface area (Å²) in [4.78, 5) is 5.32. The highest BCUT2D eigenvalue weighted by atomic mass is 19.4. The molecular weight excluding hydrogens is 231 g/mol. The molecule has 0 unspecified atom stereocenters. The number of alkyl halides is 3. The van der Waals surface area contributed by atoms with E-state index >= 15 is 0 Å². The number of aliphatic imine (C=N–C) groups is 1. The zero-order valence-electron chi connectivity index (χ0n) is 10.1. The number of hydrogen-bond donors (Lipinski definition) is 1. The van der Waals surface area contributed by atoms with Gasteiger partial charge in [-0.1, -0.05) is 19.8 Å². The van der Waals surface area contributed by atoms with Crippen LogP contribution in [0.3, 0.4) is 0 Å². The highest BCUT2D eigenvalue weighted by molar-refractivity contribution is 5.78. The van der Waals surface area contributed by atoms with Gasteiger partial charge < -0.3 is 10.6 Å². The smallest absolute Gasteiger partial charge is 0.370 e. The Labute approximate surface area is 99.9 Å². The summed E-state index contributed by atoms with van der Waals surface area (Å²) >= 11 is 0. The summed E-state index contributed by atoms with van der Waals surface area (Å²) in [7, 11) is 0. The van der Waals surface area contributed by atoms with Crippen LogP contribution in [-0.2, 0) is 0 Å². The molecule has 0 atom stereocenters. The Morgan fingerprint density at radius 1 is 1.35 bits per heavy atom. The molecule has 1 aliphatic rings. The molecule has 3 nitrogen and oxygen atoms in total. The summed E-state index contributed by atoms with van der Waals surface area (Å²) < 4.78 is 37.1. The van der Waals surface area contributed by atoms with Crippen LogP contribution in [0.1, 0.15) is 39.0 Å². The molecule has 0 amide bonds. The number of rotatable bonds is 4. The summed E-state index contributed by atoms with van der Waals surface area (Å²) in [6, 6.07) is 0.114.